The SMILES string of the molecule is CC.CCOC(=O)c1n[nH]c2c(C)cc(C)cc2c1=O. The minimum Gasteiger partial charge on any atom is -0.461 e. The number of nitrogens with one attached hydrogen (secondary N) is 1. The fraction of sp³-hybridized carbons (Fsp3) is 0.400. The van der Waals surface area contributed by atoms with E-state index in [1.807, 2.05) is 33.8 Å². The summed E-state index contributed by atoms with van der Waals surface area (Å²) in [5.41, 5.74) is 1.94. The van der Waals surface area contributed by atoms with E-state index in [1.54, 1.807) is 13.0 Å². The molecule has 0 amide bonds. The Bertz CT molecular complexity index is 675. The summed E-state index contributed by atoms with van der Waals surface area (Å²) in [7, 11) is 0. The highest BCUT2D eigenvalue weighted by Gasteiger charge is 2.16. The summed E-state index contributed by atoms with van der Waals surface area (Å²) < 4.78 is 4.80. The Morgan fingerprint density at radius 1 is 1.30 bits per heavy atom. The van der Waals surface area contributed by atoms with E-state index in [-0.39, 0.29) is 12.3 Å². The van der Waals surface area contributed by atoms with Gasteiger partial charge in [0.25, 0.3) is 0 Å². The summed E-state index contributed by atoms with van der Waals surface area (Å²) in [6.07, 6.45) is 0. The lowest BCUT2D eigenvalue weighted by Crippen LogP contribution is -2.21. The number of aryl methyl sites for hydroxylation is 2. The number of H-pyrrole nitrogens is 1. The fourth-order valence-electron chi connectivity index (χ4n) is 1.92. The summed E-state index contributed by atoms with van der Waals surface area (Å²) in [6, 6.07) is 3.69. The van der Waals surface area contributed by atoms with E-state index in [4.69, 9.17) is 4.74 Å². The molecule has 5 heteroatoms. The van der Waals surface area contributed by atoms with Crippen molar-refractivity contribution in [3.05, 3.63) is 39.2 Å². The van der Waals surface area contributed by atoms with Gasteiger partial charge in [0.05, 0.1) is 17.5 Å². The Kier molecular flexibility index (Phi) is 5.43. The molecule has 108 valence electrons. The van der Waals surface area contributed by atoms with Crippen molar-refractivity contribution in [1.29, 1.82) is 0 Å². The second-order valence-corrected chi connectivity index (χ2v) is 4.13. The van der Waals surface area contributed by atoms with Crippen molar-refractivity contribution in [2.75, 3.05) is 6.61 Å². The minimum atomic E-state index is -0.695. The van der Waals surface area contributed by atoms with Crippen molar-refractivity contribution in [3.63, 3.8) is 0 Å². The molecular weight excluding hydrogens is 256 g/mol. The monoisotopic (exact) mass is 276 g/mol. The van der Waals surface area contributed by atoms with Gasteiger partial charge in [0.1, 0.15) is 0 Å². The van der Waals surface area contributed by atoms with Crippen molar-refractivity contribution in [2.24, 2.45) is 0 Å². The fourth-order valence-corrected chi connectivity index (χ4v) is 1.92. The molecule has 20 heavy (non-hydrogen) atoms. The van der Waals surface area contributed by atoms with Gasteiger partial charge < -0.3 is 4.74 Å². The number of esters is 1. The zero-order chi connectivity index (χ0) is 15.3. The zero-order valence-electron chi connectivity index (χ0n) is 12.5. The summed E-state index contributed by atoms with van der Waals surface area (Å²) in [4.78, 5) is 23.7. The molecule has 0 unspecified atom stereocenters. The Morgan fingerprint density at radius 2 is 1.95 bits per heavy atom. The van der Waals surface area contributed by atoms with E-state index in [0.29, 0.717) is 10.9 Å². The van der Waals surface area contributed by atoms with Gasteiger partial charge in [0, 0.05) is 0 Å². The second kappa shape index (κ2) is 6.84. The maximum atomic E-state index is 12.2. The Morgan fingerprint density at radius 3 is 2.55 bits per heavy atom. The number of aromatic nitrogens is 2. The van der Waals surface area contributed by atoms with Gasteiger partial charge >= 0.3 is 5.97 Å². The molecule has 1 aromatic carbocycles. The molecule has 1 aromatic heterocycles. The van der Waals surface area contributed by atoms with Crippen LogP contribution in [0.4, 0.5) is 0 Å². The predicted octanol–water partition coefficient (Wildman–Crippen LogP) is 2.74. The van der Waals surface area contributed by atoms with Gasteiger partial charge in [0.2, 0.25) is 11.1 Å². The molecule has 1 heterocycles. The van der Waals surface area contributed by atoms with Crippen molar-refractivity contribution >= 4 is 16.9 Å². The molecule has 0 bridgehead atoms. The largest absolute Gasteiger partial charge is 0.461 e. The van der Waals surface area contributed by atoms with Crippen molar-refractivity contribution in [1.82, 2.24) is 10.2 Å². The maximum absolute atomic E-state index is 12.2. The van der Waals surface area contributed by atoms with Crippen molar-refractivity contribution in [2.45, 2.75) is 34.6 Å². The molecule has 0 aliphatic carbocycles. The van der Waals surface area contributed by atoms with Crippen LogP contribution < -0.4 is 5.43 Å². The maximum Gasteiger partial charge on any atom is 0.362 e. The highest BCUT2D eigenvalue weighted by atomic mass is 16.5. The van der Waals surface area contributed by atoms with E-state index >= 15 is 0 Å². The van der Waals surface area contributed by atoms with Crippen LogP contribution in [0, 0.1) is 13.8 Å². The molecule has 0 saturated carbocycles. The summed E-state index contributed by atoms with van der Waals surface area (Å²) in [5, 5.41) is 7.01. The van der Waals surface area contributed by atoms with Gasteiger partial charge in [-0.25, -0.2) is 4.79 Å². The molecule has 0 radical (unpaired) electrons. The first-order valence-electron chi connectivity index (χ1n) is 6.71. The lowest BCUT2D eigenvalue weighted by Gasteiger charge is -2.05. The second-order valence-electron chi connectivity index (χ2n) is 4.13. The molecule has 2 rings (SSSR count). The molecule has 0 fully saturated rings. The van der Waals surface area contributed by atoms with Crippen molar-refractivity contribution < 1.29 is 9.53 Å². The molecule has 0 spiro atoms. The van der Waals surface area contributed by atoms with E-state index in [2.05, 4.69) is 10.2 Å². The Balaban J connectivity index is 0.000000956. The van der Waals surface area contributed by atoms with Crippen LogP contribution in [0.15, 0.2) is 16.9 Å². The smallest absolute Gasteiger partial charge is 0.362 e. The van der Waals surface area contributed by atoms with Gasteiger partial charge in [-0.1, -0.05) is 19.9 Å². The lowest BCUT2D eigenvalue weighted by atomic mass is 10.1. The van der Waals surface area contributed by atoms with Crippen LogP contribution in [0.2, 0.25) is 0 Å². The van der Waals surface area contributed by atoms with Crippen LogP contribution in [0.25, 0.3) is 10.9 Å². The standard InChI is InChI=1S/C13H14N2O3.C2H6/c1-4-18-13(17)11-12(16)9-6-7(2)5-8(3)10(9)14-15-11;1-2/h5-6H,4H2,1-3H3,(H,14,16);1-2H3. The molecule has 1 N–H and O–H groups in total. The molecule has 0 aliphatic heterocycles. The number of ether oxygens (including phenoxy) is 1. The number of carbonyl (C=O) groups is 1. The molecule has 2 aromatic rings. The van der Waals surface area contributed by atoms with Crippen LogP contribution in [0.5, 0.6) is 0 Å². The van der Waals surface area contributed by atoms with Gasteiger partial charge in [-0.2, -0.15) is 5.10 Å². The highest BCUT2D eigenvalue weighted by Crippen LogP contribution is 2.15. The topological polar surface area (TPSA) is 72.0 Å². The molecular formula is C15H20N2O3. The predicted molar refractivity (Wildman–Crippen MR) is 79.1 cm³/mol. The van der Waals surface area contributed by atoms with E-state index in [9.17, 15) is 9.59 Å². The number of fused-ring (bicyclic) bond motifs is 1. The minimum absolute atomic E-state index is 0.200. The Hall–Kier alpha value is -2.17. The molecule has 0 saturated heterocycles. The van der Waals surface area contributed by atoms with Gasteiger partial charge in [-0.3, -0.25) is 9.89 Å². The third kappa shape index (κ3) is 3.04. The van der Waals surface area contributed by atoms with Gasteiger partial charge in [0.15, 0.2) is 0 Å². The number of aromatic amines is 1. The van der Waals surface area contributed by atoms with Gasteiger partial charge in [-0.05, 0) is 38.0 Å². The van der Waals surface area contributed by atoms with E-state index in [1.165, 1.54) is 0 Å². The zero-order valence-corrected chi connectivity index (χ0v) is 12.5. The van der Waals surface area contributed by atoms with Crippen LogP contribution >= 0.6 is 0 Å². The highest BCUT2D eigenvalue weighted by molar-refractivity contribution is 5.92. The molecule has 5 nitrogen and oxygen atoms in total. The third-order valence-electron chi connectivity index (χ3n) is 2.69. The Labute approximate surface area is 118 Å². The lowest BCUT2D eigenvalue weighted by molar-refractivity contribution is 0.0517. The number of carbonyl (C=O) groups excluding carboxylic acids is 1. The number of hydrogen-bond acceptors (Lipinski definition) is 4. The first-order valence-corrected chi connectivity index (χ1v) is 6.71. The third-order valence-corrected chi connectivity index (χ3v) is 2.69. The summed E-state index contributed by atoms with van der Waals surface area (Å²) in [5.74, 6) is -0.695. The van der Waals surface area contributed by atoms with Gasteiger partial charge in [-0.15, -0.1) is 0 Å². The van der Waals surface area contributed by atoms with E-state index in [0.717, 1.165) is 11.1 Å². The summed E-state index contributed by atoms with van der Waals surface area (Å²) >= 11 is 0. The van der Waals surface area contributed by atoms with Crippen LogP contribution in [0.1, 0.15) is 42.4 Å². The van der Waals surface area contributed by atoms with Crippen LogP contribution in [-0.4, -0.2) is 22.8 Å². The number of benzene rings is 1. The van der Waals surface area contributed by atoms with Crippen LogP contribution in [0.3, 0.4) is 0 Å². The van der Waals surface area contributed by atoms with E-state index < -0.39 is 11.4 Å². The average Bonchev–Trinajstić information content (AvgIpc) is 2.42. The first-order chi connectivity index (χ1) is 9.54. The average molecular weight is 276 g/mol. The molecule has 0 atom stereocenters. The number of nitrogens with zero attached hydrogens (tertiary/aromatic N) is 1. The van der Waals surface area contributed by atoms with Crippen molar-refractivity contribution in [3.8, 4) is 0 Å². The number of rotatable bonds is 2. The molecule has 0 aliphatic rings. The van der Waals surface area contributed by atoms with Crippen LogP contribution in [-0.2, 0) is 4.74 Å². The number of hydrogen-bond donors (Lipinski definition) is 1. The normalized spacial score (nSPS) is 9.85. The first kappa shape index (κ1) is 15.9. The quantitative estimate of drug-likeness (QED) is 0.856. The summed E-state index contributed by atoms with van der Waals surface area (Å²) in [6.45, 7) is 9.68.